The number of rotatable bonds is 3. The molecule has 1 aliphatic heterocycles. The van der Waals surface area contributed by atoms with E-state index in [9.17, 15) is 4.79 Å². The van der Waals surface area contributed by atoms with Crippen molar-refractivity contribution in [3.8, 4) is 0 Å². The number of hydrogen-bond donors (Lipinski definition) is 2. The van der Waals surface area contributed by atoms with E-state index in [1.807, 2.05) is 48.5 Å². The number of hydrogen-bond acceptors (Lipinski definition) is 2. The minimum absolute atomic E-state index is 0. The van der Waals surface area contributed by atoms with Crippen molar-refractivity contribution in [2.24, 2.45) is 0 Å². The lowest BCUT2D eigenvalue weighted by atomic mass is 10.1. The molecule has 104 valence electrons. The highest BCUT2D eigenvalue weighted by Gasteiger charge is 2.25. The third-order valence-corrected chi connectivity index (χ3v) is 3.40. The molecule has 1 atom stereocenters. The zero-order valence-corrected chi connectivity index (χ0v) is 11.8. The third kappa shape index (κ3) is 3.11. The first-order valence-electron chi connectivity index (χ1n) is 6.49. The molecule has 0 saturated heterocycles. The maximum atomic E-state index is 12.1. The highest BCUT2D eigenvalue weighted by Crippen LogP contribution is 2.25. The van der Waals surface area contributed by atoms with Gasteiger partial charge in [0.05, 0.1) is 0 Å². The van der Waals surface area contributed by atoms with Gasteiger partial charge in [0, 0.05) is 18.7 Å². The first-order valence-corrected chi connectivity index (χ1v) is 6.49. The summed E-state index contributed by atoms with van der Waals surface area (Å²) in [5, 5.41) is 6.23. The Morgan fingerprint density at radius 3 is 2.55 bits per heavy atom. The summed E-state index contributed by atoms with van der Waals surface area (Å²) in [6, 6.07) is 17.9. The molecule has 0 aliphatic carbocycles. The molecule has 2 aromatic rings. The van der Waals surface area contributed by atoms with E-state index in [2.05, 4.69) is 16.7 Å². The summed E-state index contributed by atoms with van der Waals surface area (Å²) in [7, 11) is 0. The van der Waals surface area contributed by atoms with E-state index in [1.165, 1.54) is 5.56 Å². The summed E-state index contributed by atoms with van der Waals surface area (Å²) in [5.41, 5.74) is 3.40. The first kappa shape index (κ1) is 14.4. The number of carbonyl (C=O) groups excluding carboxylic acids is 1. The van der Waals surface area contributed by atoms with Crippen LogP contribution in [0.4, 0.5) is 5.69 Å². The molecule has 1 aliphatic rings. The largest absolute Gasteiger partial charge is 0.373 e. The van der Waals surface area contributed by atoms with E-state index in [0.29, 0.717) is 6.54 Å². The fourth-order valence-electron chi connectivity index (χ4n) is 2.36. The molecule has 1 unspecified atom stereocenters. The average Bonchev–Trinajstić information content (AvgIpc) is 2.90. The normalized spacial score (nSPS) is 15.7. The van der Waals surface area contributed by atoms with Crippen LogP contribution in [0.2, 0.25) is 0 Å². The van der Waals surface area contributed by atoms with Crippen molar-refractivity contribution >= 4 is 24.0 Å². The van der Waals surface area contributed by atoms with Crippen molar-refractivity contribution in [2.75, 3.05) is 5.32 Å². The molecule has 0 radical (unpaired) electrons. The van der Waals surface area contributed by atoms with Crippen molar-refractivity contribution in [3.05, 3.63) is 65.7 Å². The van der Waals surface area contributed by atoms with Crippen LogP contribution in [0.1, 0.15) is 11.1 Å². The highest BCUT2D eigenvalue weighted by atomic mass is 35.5. The molecule has 2 N–H and O–H groups in total. The van der Waals surface area contributed by atoms with Gasteiger partial charge in [-0.3, -0.25) is 4.79 Å². The van der Waals surface area contributed by atoms with Crippen LogP contribution in [0.5, 0.6) is 0 Å². The van der Waals surface area contributed by atoms with E-state index in [4.69, 9.17) is 0 Å². The van der Waals surface area contributed by atoms with Crippen LogP contribution in [0.3, 0.4) is 0 Å². The second-order valence-electron chi connectivity index (χ2n) is 4.76. The predicted octanol–water partition coefficient (Wildman–Crippen LogP) is 2.76. The van der Waals surface area contributed by atoms with Gasteiger partial charge in [0.2, 0.25) is 5.91 Å². The van der Waals surface area contributed by atoms with Crippen LogP contribution in [0.15, 0.2) is 54.6 Å². The van der Waals surface area contributed by atoms with Crippen LogP contribution in [0.25, 0.3) is 0 Å². The molecule has 3 rings (SSSR count). The number of anilines is 1. The number of benzene rings is 2. The Labute approximate surface area is 124 Å². The Balaban J connectivity index is 0.00000147. The van der Waals surface area contributed by atoms with Crippen molar-refractivity contribution in [2.45, 2.75) is 19.0 Å². The molecule has 20 heavy (non-hydrogen) atoms. The molecule has 0 aromatic heterocycles. The van der Waals surface area contributed by atoms with E-state index >= 15 is 0 Å². The Kier molecular flexibility index (Phi) is 4.64. The van der Waals surface area contributed by atoms with Gasteiger partial charge in [0.25, 0.3) is 0 Å². The van der Waals surface area contributed by atoms with Crippen LogP contribution < -0.4 is 10.6 Å². The molecule has 0 saturated carbocycles. The molecule has 3 nitrogen and oxygen atoms in total. The van der Waals surface area contributed by atoms with E-state index in [-0.39, 0.29) is 24.4 Å². The van der Waals surface area contributed by atoms with Crippen molar-refractivity contribution in [1.29, 1.82) is 0 Å². The summed E-state index contributed by atoms with van der Waals surface area (Å²) in [4.78, 5) is 12.1. The molecule has 2 aromatic carbocycles. The van der Waals surface area contributed by atoms with Crippen LogP contribution >= 0.6 is 12.4 Å². The molecule has 1 heterocycles. The van der Waals surface area contributed by atoms with Gasteiger partial charge in [-0.25, -0.2) is 0 Å². The van der Waals surface area contributed by atoms with Crippen molar-refractivity contribution in [3.63, 3.8) is 0 Å². The van der Waals surface area contributed by atoms with Crippen molar-refractivity contribution in [1.82, 2.24) is 5.32 Å². The zero-order chi connectivity index (χ0) is 13.1. The van der Waals surface area contributed by atoms with E-state index in [0.717, 1.165) is 17.7 Å². The average molecular weight is 289 g/mol. The molecule has 1 amide bonds. The van der Waals surface area contributed by atoms with Gasteiger partial charge in [-0.2, -0.15) is 0 Å². The highest BCUT2D eigenvalue weighted by molar-refractivity contribution is 5.87. The van der Waals surface area contributed by atoms with Crippen molar-refractivity contribution < 1.29 is 4.79 Å². The molecular formula is C16H17ClN2O. The van der Waals surface area contributed by atoms with Crippen LogP contribution in [-0.4, -0.2) is 11.9 Å². The lowest BCUT2D eigenvalue weighted by Gasteiger charge is -2.12. The third-order valence-electron chi connectivity index (χ3n) is 3.40. The van der Waals surface area contributed by atoms with Gasteiger partial charge < -0.3 is 10.6 Å². The topological polar surface area (TPSA) is 41.1 Å². The Morgan fingerprint density at radius 2 is 1.80 bits per heavy atom. The number of para-hydroxylation sites is 1. The fourth-order valence-corrected chi connectivity index (χ4v) is 2.36. The van der Waals surface area contributed by atoms with Gasteiger partial charge in [0.15, 0.2) is 0 Å². The number of carbonyl (C=O) groups is 1. The quantitative estimate of drug-likeness (QED) is 0.912. The zero-order valence-electron chi connectivity index (χ0n) is 11.0. The molecule has 4 heteroatoms. The second-order valence-corrected chi connectivity index (χ2v) is 4.76. The number of fused-ring (bicyclic) bond motifs is 1. The minimum Gasteiger partial charge on any atom is -0.373 e. The van der Waals surface area contributed by atoms with Gasteiger partial charge in [0.1, 0.15) is 6.04 Å². The summed E-state index contributed by atoms with van der Waals surface area (Å²) >= 11 is 0. The Morgan fingerprint density at radius 1 is 1.10 bits per heavy atom. The maximum Gasteiger partial charge on any atom is 0.243 e. The summed E-state index contributed by atoms with van der Waals surface area (Å²) in [6.07, 6.45) is 0.761. The number of nitrogens with one attached hydrogen (secondary N) is 2. The standard InChI is InChI=1S/C16H16N2O.ClH/c19-16(17-11-12-6-2-1-3-7-12)15-10-13-8-4-5-9-14(13)18-15;/h1-9,15,18H,10-11H2,(H,17,19);1H. The first-order chi connectivity index (χ1) is 9.33. The molecule has 0 spiro atoms. The van der Waals surface area contributed by atoms with E-state index in [1.54, 1.807) is 0 Å². The smallest absolute Gasteiger partial charge is 0.243 e. The predicted molar refractivity (Wildman–Crippen MR) is 83.1 cm³/mol. The van der Waals surface area contributed by atoms with Crippen LogP contribution in [0, 0.1) is 0 Å². The molecule has 0 bridgehead atoms. The summed E-state index contributed by atoms with van der Waals surface area (Å²) in [5.74, 6) is 0.0556. The Hall–Kier alpha value is -2.00. The van der Waals surface area contributed by atoms with Gasteiger partial charge in [-0.05, 0) is 17.2 Å². The lowest BCUT2D eigenvalue weighted by molar-refractivity contribution is -0.121. The van der Waals surface area contributed by atoms with E-state index < -0.39 is 0 Å². The lowest BCUT2D eigenvalue weighted by Crippen LogP contribution is -2.38. The van der Waals surface area contributed by atoms with Gasteiger partial charge >= 0.3 is 0 Å². The maximum absolute atomic E-state index is 12.1. The SMILES string of the molecule is Cl.O=C(NCc1ccccc1)C1Cc2ccccc2N1. The van der Waals surface area contributed by atoms with Crippen LogP contribution in [-0.2, 0) is 17.8 Å². The Bertz CT molecular complexity index is 561. The molecule has 0 fully saturated rings. The van der Waals surface area contributed by atoms with Gasteiger partial charge in [-0.15, -0.1) is 12.4 Å². The minimum atomic E-state index is -0.152. The number of halogens is 1. The summed E-state index contributed by atoms with van der Waals surface area (Å²) in [6.45, 7) is 0.578. The molecular weight excluding hydrogens is 272 g/mol. The monoisotopic (exact) mass is 288 g/mol. The summed E-state index contributed by atoms with van der Waals surface area (Å²) < 4.78 is 0. The number of amides is 1. The van der Waals surface area contributed by atoms with Gasteiger partial charge in [-0.1, -0.05) is 48.5 Å². The fraction of sp³-hybridized carbons (Fsp3) is 0.188. The second kappa shape index (κ2) is 6.44.